The number of amides is 2. The second-order valence-corrected chi connectivity index (χ2v) is 12.8. The molecule has 2 aromatic heterocycles. The molecule has 2 fully saturated rings. The number of nitrogens with one attached hydrogen (secondary N) is 1. The summed E-state index contributed by atoms with van der Waals surface area (Å²) in [6, 6.07) is 6.37. The third-order valence-electron chi connectivity index (χ3n) is 8.99. The number of fused-ring (bicyclic) bond motifs is 2. The van der Waals surface area contributed by atoms with Crippen LogP contribution in [0.15, 0.2) is 36.5 Å². The summed E-state index contributed by atoms with van der Waals surface area (Å²) in [6.07, 6.45) is 3.74. The van der Waals surface area contributed by atoms with E-state index in [0.717, 1.165) is 25.1 Å². The summed E-state index contributed by atoms with van der Waals surface area (Å²) in [5.74, 6) is -3.97. The minimum absolute atomic E-state index is 0.0271. The Bertz CT molecular complexity index is 1970. The van der Waals surface area contributed by atoms with E-state index < -0.39 is 46.0 Å². The van der Waals surface area contributed by atoms with E-state index in [1.165, 1.54) is 24.3 Å². The Morgan fingerprint density at radius 2 is 1.98 bits per heavy atom. The maximum absolute atomic E-state index is 14.6. The molecule has 1 unspecified atom stereocenters. The quantitative estimate of drug-likeness (QED) is 0.157. The van der Waals surface area contributed by atoms with Crippen LogP contribution in [0.2, 0.25) is 5.02 Å². The summed E-state index contributed by atoms with van der Waals surface area (Å²) in [5, 5.41) is 18.5. The van der Waals surface area contributed by atoms with Gasteiger partial charge < -0.3 is 25.6 Å². The van der Waals surface area contributed by atoms with Crippen molar-refractivity contribution in [2.45, 2.75) is 56.3 Å². The molecule has 4 aromatic rings. The third-order valence-corrected chi connectivity index (χ3v) is 9.36. The van der Waals surface area contributed by atoms with Gasteiger partial charge in [-0.1, -0.05) is 11.6 Å². The molecule has 2 atom stereocenters. The molecule has 0 radical (unpaired) electrons. The third kappa shape index (κ3) is 5.32. The van der Waals surface area contributed by atoms with Gasteiger partial charge in [-0.05, 0) is 68.9 Å². The average Bonchev–Trinajstić information content (AvgIpc) is 3.98. The number of rotatable bonds is 10. The molecular formula is C32H28ClF4N5O5. The summed E-state index contributed by atoms with van der Waals surface area (Å²) < 4.78 is 67.6. The highest BCUT2D eigenvalue weighted by Crippen LogP contribution is 2.51. The molecule has 3 heterocycles. The first-order chi connectivity index (χ1) is 22.3. The van der Waals surface area contributed by atoms with Gasteiger partial charge in [-0.15, -0.1) is 0 Å². The van der Waals surface area contributed by atoms with Crippen LogP contribution in [0.3, 0.4) is 0 Å². The van der Waals surface area contributed by atoms with Gasteiger partial charge in [-0.25, -0.2) is 18.4 Å². The van der Waals surface area contributed by atoms with Crippen molar-refractivity contribution in [3.63, 3.8) is 0 Å². The Hall–Kier alpha value is -4.43. The number of primary amides is 1. The summed E-state index contributed by atoms with van der Waals surface area (Å²) in [4.78, 5) is 30.8. The number of aromatic nitrogens is 3. The Kier molecular flexibility index (Phi) is 7.35. The molecule has 2 saturated carbocycles. The molecule has 4 N–H and O–H groups in total. The number of benzene rings is 2. The fraction of sp³-hybridized carbons (Fsp3) is 0.375. The predicted molar refractivity (Wildman–Crippen MR) is 160 cm³/mol. The second kappa shape index (κ2) is 11.1. The van der Waals surface area contributed by atoms with Gasteiger partial charge in [0.15, 0.2) is 11.6 Å². The number of halogens is 5. The number of pyridine rings is 1. The zero-order valence-corrected chi connectivity index (χ0v) is 25.6. The van der Waals surface area contributed by atoms with E-state index in [0.29, 0.717) is 17.5 Å². The zero-order valence-electron chi connectivity index (χ0n) is 24.8. The van der Waals surface area contributed by atoms with Crippen molar-refractivity contribution in [2.24, 2.45) is 11.7 Å². The summed E-state index contributed by atoms with van der Waals surface area (Å²) >= 11 is 6.21. The molecule has 1 aliphatic heterocycles. The number of hydrogen-bond donors (Lipinski definition) is 3. The Balaban J connectivity index is 1.27. The number of ether oxygens (including phenoxy) is 2. The molecule has 246 valence electrons. The SMILES string of the molecule is C[C@]1(C(N)=O)COc2c1cc(C(O)(CNC(=O)c1cc(OC3CC3)c3nn(C(F)F)cc3c1)C1CC1)nc2-c1ccc(F)c(F)c1Cl. The maximum Gasteiger partial charge on any atom is 0.333 e. The Morgan fingerprint density at radius 3 is 2.64 bits per heavy atom. The van der Waals surface area contributed by atoms with Crippen LogP contribution in [0, 0.1) is 17.6 Å². The van der Waals surface area contributed by atoms with Crippen molar-refractivity contribution in [3.05, 3.63) is 70.0 Å². The van der Waals surface area contributed by atoms with E-state index in [4.69, 9.17) is 26.8 Å². The Morgan fingerprint density at radius 1 is 1.23 bits per heavy atom. The van der Waals surface area contributed by atoms with Crippen LogP contribution in [0.1, 0.15) is 60.8 Å². The van der Waals surface area contributed by atoms with E-state index in [1.54, 1.807) is 6.92 Å². The van der Waals surface area contributed by atoms with Gasteiger partial charge in [-0.3, -0.25) is 9.59 Å². The van der Waals surface area contributed by atoms with Crippen molar-refractivity contribution in [2.75, 3.05) is 13.2 Å². The first-order valence-corrected chi connectivity index (χ1v) is 15.3. The lowest BCUT2D eigenvalue weighted by atomic mass is 9.81. The van der Waals surface area contributed by atoms with Gasteiger partial charge >= 0.3 is 6.55 Å². The molecule has 47 heavy (non-hydrogen) atoms. The number of hydrogen-bond acceptors (Lipinski definition) is 7. The molecule has 0 bridgehead atoms. The molecular weight excluding hydrogens is 646 g/mol. The van der Waals surface area contributed by atoms with Crippen LogP contribution in [-0.2, 0) is 15.8 Å². The molecule has 7 rings (SSSR count). The predicted octanol–water partition coefficient (Wildman–Crippen LogP) is 5.13. The molecule has 2 aromatic carbocycles. The molecule has 3 aliphatic rings. The lowest BCUT2D eigenvalue weighted by Crippen LogP contribution is -2.44. The molecule has 15 heteroatoms. The summed E-state index contributed by atoms with van der Waals surface area (Å²) in [7, 11) is 0. The second-order valence-electron chi connectivity index (χ2n) is 12.4. The van der Waals surface area contributed by atoms with Gasteiger partial charge in [0.05, 0.1) is 23.4 Å². The van der Waals surface area contributed by atoms with Crippen molar-refractivity contribution in [1.29, 1.82) is 0 Å². The maximum atomic E-state index is 14.6. The van der Waals surface area contributed by atoms with Gasteiger partial charge in [0, 0.05) is 28.3 Å². The monoisotopic (exact) mass is 673 g/mol. The minimum atomic E-state index is -2.89. The molecule has 0 saturated heterocycles. The first kappa shape index (κ1) is 31.2. The molecule has 10 nitrogen and oxygen atoms in total. The van der Waals surface area contributed by atoms with Gasteiger partial charge in [0.1, 0.15) is 40.3 Å². The minimum Gasteiger partial charge on any atom is -0.489 e. The standard InChI is InChI=1S/C32H28ClF4N5O5/c1-31(29(38)44)13-46-27-19(31)10-22(40-26(27)18-6-7-20(34)24(35)23(18)33)32(45,16-2-3-16)12-39-28(43)14-8-15-11-42(30(36)37)41-25(15)21(9-14)47-17-4-5-17/h6-11,16-17,30,45H,2-5,12-13H2,1H3,(H2,38,44)(H,39,43)/t31-,32?/m0/s1. The van der Waals surface area contributed by atoms with E-state index in [2.05, 4.69) is 15.4 Å². The van der Waals surface area contributed by atoms with Crippen LogP contribution in [0.25, 0.3) is 22.2 Å². The summed E-state index contributed by atoms with van der Waals surface area (Å²) in [5.41, 5.74) is 3.07. The van der Waals surface area contributed by atoms with Crippen molar-refractivity contribution >= 4 is 34.3 Å². The smallest absolute Gasteiger partial charge is 0.333 e. The fourth-order valence-corrected chi connectivity index (χ4v) is 6.07. The number of alkyl halides is 2. The number of aliphatic hydroxyl groups is 1. The van der Waals surface area contributed by atoms with Crippen LogP contribution in [-0.4, -0.2) is 50.9 Å². The molecule has 2 amide bonds. The van der Waals surface area contributed by atoms with Crippen LogP contribution < -0.4 is 20.5 Å². The highest BCUT2D eigenvalue weighted by Gasteiger charge is 2.50. The number of carbonyl (C=O) groups excluding carboxylic acids is 2. The lowest BCUT2D eigenvalue weighted by Gasteiger charge is -2.30. The largest absolute Gasteiger partial charge is 0.489 e. The topological polar surface area (TPSA) is 142 Å². The first-order valence-electron chi connectivity index (χ1n) is 14.9. The van der Waals surface area contributed by atoms with E-state index in [1.807, 2.05) is 0 Å². The Labute approximate surface area is 269 Å². The number of nitrogens with zero attached hydrogens (tertiary/aromatic N) is 3. The van der Waals surface area contributed by atoms with E-state index in [9.17, 15) is 32.3 Å². The summed E-state index contributed by atoms with van der Waals surface area (Å²) in [6.45, 7) is -1.87. The zero-order chi connectivity index (χ0) is 33.4. The number of nitrogens with two attached hydrogens (primary N) is 1. The molecule has 2 aliphatic carbocycles. The van der Waals surface area contributed by atoms with Crippen LogP contribution in [0.4, 0.5) is 17.6 Å². The van der Waals surface area contributed by atoms with Crippen molar-refractivity contribution in [3.8, 4) is 22.8 Å². The van der Waals surface area contributed by atoms with Gasteiger partial charge in [0.25, 0.3) is 5.91 Å². The highest BCUT2D eigenvalue weighted by molar-refractivity contribution is 6.33. The van der Waals surface area contributed by atoms with Crippen molar-refractivity contribution in [1.82, 2.24) is 20.1 Å². The van der Waals surface area contributed by atoms with Gasteiger partial charge in [-0.2, -0.15) is 13.9 Å². The molecule has 0 spiro atoms. The van der Waals surface area contributed by atoms with E-state index >= 15 is 0 Å². The van der Waals surface area contributed by atoms with Crippen molar-refractivity contribution < 1.29 is 41.7 Å². The lowest BCUT2D eigenvalue weighted by molar-refractivity contribution is -0.123. The van der Waals surface area contributed by atoms with E-state index in [-0.39, 0.29) is 75.7 Å². The fourth-order valence-electron chi connectivity index (χ4n) is 5.83. The highest BCUT2D eigenvalue weighted by atomic mass is 35.5. The number of carbonyl (C=O) groups is 2. The van der Waals surface area contributed by atoms with Crippen LogP contribution >= 0.6 is 11.6 Å². The average molecular weight is 674 g/mol. The van der Waals surface area contributed by atoms with Crippen LogP contribution in [0.5, 0.6) is 11.5 Å². The van der Waals surface area contributed by atoms with Gasteiger partial charge in [0.2, 0.25) is 5.91 Å². The normalized spacial score (nSPS) is 20.2.